The minimum Gasteiger partial charge on any atom is -0.480 e. The second-order valence-corrected chi connectivity index (χ2v) is 3.47. The Balaban J connectivity index is 2.67. The van der Waals surface area contributed by atoms with E-state index in [9.17, 15) is 13.6 Å². The summed E-state index contributed by atoms with van der Waals surface area (Å²) in [6, 6.07) is -2.06. The maximum atomic E-state index is 13.3. The zero-order valence-corrected chi connectivity index (χ0v) is 7.17. The van der Waals surface area contributed by atoms with Gasteiger partial charge in [0.25, 0.3) is 5.92 Å². The van der Waals surface area contributed by atoms with Gasteiger partial charge in [-0.15, -0.1) is 0 Å². The predicted molar refractivity (Wildman–Crippen MR) is 42.5 cm³/mol. The number of rotatable bonds is 3. The molecule has 3 N–H and O–H groups in total. The monoisotopic (exact) mass is 193 g/mol. The average molecular weight is 193 g/mol. The normalized spacial score (nSPS) is 21.8. The predicted octanol–water partition coefficient (Wildman–Crippen LogP) is 1.22. The van der Waals surface area contributed by atoms with Crippen LogP contribution in [0.4, 0.5) is 8.78 Å². The molecule has 1 saturated carbocycles. The highest BCUT2D eigenvalue weighted by Crippen LogP contribution is 2.39. The van der Waals surface area contributed by atoms with Crippen LogP contribution in [0.2, 0.25) is 0 Å². The second kappa shape index (κ2) is 3.57. The molecule has 0 aromatic rings. The number of carboxylic acids is 1. The van der Waals surface area contributed by atoms with Crippen molar-refractivity contribution in [3.05, 3.63) is 0 Å². The highest BCUT2D eigenvalue weighted by molar-refractivity contribution is 5.74. The molecule has 1 aliphatic rings. The first-order valence-electron chi connectivity index (χ1n) is 4.32. The summed E-state index contributed by atoms with van der Waals surface area (Å²) >= 11 is 0. The van der Waals surface area contributed by atoms with Crippen molar-refractivity contribution in [1.29, 1.82) is 0 Å². The second-order valence-electron chi connectivity index (χ2n) is 3.47. The summed E-state index contributed by atoms with van der Waals surface area (Å²) in [6.45, 7) is 0. The Morgan fingerprint density at radius 2 is 1.92 bits per heavy atom. The van der Waals surface area contributed by atoms with Gasteiger partial charge in [-0.05, 0) is 12.8 Å². The van der Waals surface area contributed by atoms with E-state index in [-0.39, 0.29) is 0 Å². The van der Waals surface area contributed by atoms with Crippen molar-refractivity contribution < 1.29 is 18.7 Å². The van der Waals surface area contributed by atoms with Gasteiger partial charge in [-0.2, -0.15) is 0 Å². The molecule has 1 aliphatic carbocycles. The average Bonchev–Trinajstić information content (AvgIpc) is 2.54. The first-order chi connectivity index (χ1) is 5.96. The molecule has 0 spiro atoms. The van der Waals surface area contributed by atoms with Crippen LogP contribution < -0.4 is 5.73 Å². The number of carbonyl (C=O) groups is 1. The molecule has 0 heterocycles. The van der Waals surface area contributed by atoms with E-state index >= 15 is 0 Å². The zero-order valence-electron chi connectivity index (χ0n) is 7.17. The first kappa shape index (κ1) is 10.4. The van der Waals surface area contributed by atoms with E-state index in [1.807, 2.05) is 0 Å². The summed E-state index contributed by atoms with van der Waals surface area (Å²) in [6.07, 6.45) is 2.25. The van der Waals surface area contributed by atoms with Gasteiger partial charge in [0, 0.05) is 5.92 Å². The van der Waals surface area contributed by atoms with Crippen molar-refractivity contribution >= 4 is 5.97 Å². The molecule has 0 aliphatic heterocycles. The fourth-order valence-corrected chi connectivity index (χ4v) is 1.73. The summed E-state index contributed by atoms with van der Waals surface area (Å²) < 4.78 is 26.5. The highest BCUT2D eigenvalue weighted by Gasteiger charge is 2.49. The van der Waals surface area contributed by atoms with Crippen LogP contribution in [0.5, 0.6) is 0 Å². The Morgan fingerprint density at radius 1 is 1.46 bits per heavy atom. The van der Waals surface area contributed by atoms with Crippen LogP contribution in [-0.4, -0.2) is 23.0 Å². The molecule has 76 valence electrons. The summed E-state index contributed by atoms with van der Waals surface area (Å²) in [5, 5.41) is 8.37. The largest absolute Gasteiger partial charge is 0.480 e. The van der Waals surface area contributed by atoms with Crippen molar-refractivity contribution in [2.75, 3.05) is 0 Å². The number of alkyl halides is 2. The number of nitrogens with two attached hydrogens (primary N) is 1. The first-order valence-corrected chi connectivity index (χ1v) is 4.32. The molecule has 0 amide bonds. The van der Waals surface area contributed by atoms with Crippen molar-refractivity contribution in [2.24, 2.45) is 11.7 Å². The zero-order chi connectivity index (χ0) is 10.1. The third kappa shape index (κ3) is 1.96. The summed E-state index contributed by atoms with van der Waals surface area (Å²) in [5.74, 6) is -5.74. The van der Waals surface area contributed by atoms with Crippen LogP contribution in [-0.2, 0) is 4.79 Å². The third-order valence-corrected chi connectivity index (χ3v) is 2.58. The lowest BCUT2D eigenvalue weighted by molar-refractivity contribution is -0.154. The molecule has 0 radical (unpaired) electrons. The van der Waals surface area contributed by atoms with E-state index in [0.29, 0.717) is 12.8 Å². The van der Waals surface area contributed by atoms with Gasteiger partial charge in [0.15, 0.2) is 6.04 Å². The van der Waals surface area contributed by atoms with Crippen LogP contribution in [0.1, 0.15) is 25.7 Å². The molecule has 1 atom stereocenters. The Labute approximate surface area is 74.9 Å². The number of halogens is 2. The van der Waals surface area contributed by atoms with Gasteiger partial charge in [0.1, 0.15) is 0 Å². The fourth-order valence-electron chi connectivity index (χ4n) is 1.73. The van der Waals surface area contributed by atoms with Gasteiger partial charge in [0.05, 0.1) is 0 Å². The van der Waals surface area contributed by atoms with Crippen LogP contribution in [0.15, 0.2) is 0 Å². The van der Waals surface area contributed by atoms with Gasteiger partial charge >= 0.3 is 5.97 Å². The Hall–Kier alpha value is -0.710. The Bertz CT molecular complexity index is 202. The minimum atomic E-state index is -3.26. The van der Waals surface area contributed by atoms with Gasteiger partial charge in [-0.1, -0.05) is 12.8 Å². The van der Waals surface area contributed by atoms with Crippen molar-refractivity contribution in [3.8, 4) is 0 Å². The topological polar surface area (TPSA) is 63.3 Å². The lowest BCUT2D eigenvalue weighted by Crippen LogP contribution is -2.50. The smallest absolute Gasteiger partial charge is 0.326 e. The van der Waals surface area contributed by atoms with Crippen molar-refractivity contribution in [3.63, 3.8) is 0 Å². The number of carboxylic acid groups (broad SMARTS) is 1. The van der Waals surface area contributed by atoms with Gasteiger partial charge in [0.2, 0.25) is 0 Å². The van der Waals surface area contributed by atoms with E-state index in [2.05, 4.69) is 0 Å². The molecule has 1 rings (SSSR count). The Kier molecular flexibility index (Phi) is 2.85. The molecule has 13 heavy (non-hydrogen) atoms. The van der Waals surface area contributed by atoms with Crippen molar-refractivity contribution in [1.82, 2.24) is 0 Å². The molecule has 0 bridgehead atoms. The summed E-state index contributed by atoms with van der Waals surface area (Å²) in [4.78, 5) is 10.3. The van der Waals surface area contributed by atoms with E-state index in [1.54, 1.807) is 0 Å². The fraction of sp³-hybridized carbons (Fsp3) is 0.875. The molecule has 0 aromatic carbocycles. The molecule has 1 unspecified atom stereocenters. The van der Waals surface area contributed by atoms with E-state index in [0.717, 1.165) is 12.8 Å². The number of aliphatic carboxylic acids is 1. The number of hydrogen-bond acceptors (Lipinski definition) is 2. The van der Waals surface area contributed by atoms with Crippen LogP contribution in [0, 0.1) is 5.92 Å². The van der Waals surface area contributed by atoms with Crippen LogP contribution in [0.25, 0.3) is 0 Å². The van der Waals surface area contributed by atoms with Crippen LogP contribution >= 0.6 is 0 Å². The Morgan fingerprint density at radius 3 is 2.31 bits per heavy atom. The summed E-state index contributed by atoms with van der Waals surface area (Å²) in [5.41, 5.74) is 4.92. The maximum absolute atomic E-state index is 13.3. The minimum absolute atomic E-state index is 0.383. The molecule has 0 saturated heterocycles. The highest BCUT2D eigenvalue weighted by atomic mass is 19.3. The van der Waals surface area contributed by atoms with E-state index in [4.69, 9.17) is 10.8 Å². The van der Waals surface area contributed by atoms with Gasteiger partial charge in [-0.25, -0.2) is 8.78 Å². The van der Waals surface area contributed by atoms with E-state index in [1.165, 1.54) is 0 Å². The van der Waals surface area contributed by atoms with Crippen LogP contribution in [0.3, 0.4) is 0 Å². The molecule has 3 nitrogen and oxygen atoms in total. The third-order valence-electron chi connectivity index (χ3n) is 2.58. The molecular formula is C8H13F2NO2. The summed E-state index contributed by atoms with van der Waals surface area (Å²) in [7, 11) is 0. The quantitative estimate of drug-likeness (QED) is 0.708. The molecule has 1 fully saturated rings. The molecule has 5 heteroatoms. The SMILES string of the molecule is NC(C(=O)O)C(F)(F)C1CCCC1. The molecular weight excluding hydrogens is 180 g/mol. The lowest BCUT2D eigenvalue weighted by Gasteiger charge is -2.25. The lowest BCUT2D eigenvalue weighted by atomic mass is 9.94. The van der Waals surface area contributed by atoms with E-state index < -0.39 is 23.9 Å². The standard InChI is InChI=1S/C8H13F2NO2/c9-8(10,6(11)7(12)13)5-3-1-2-4-5/h5-6H,1-4,11H2,(H,12,13). The maximum Gasteiger partial charge on any atom is 0.326 e. The molecule has 0 aromatic heterocycles. The van der Waals surface area contributed by atoms with Crippen molar-refractivity contribution in [2.45, 2.75) is 37.6 Å². The number of hydrogen-bond donors (Lipinski definition) is 2. The van der Waals surface area contributed by atoms with Gasteiger partial charge in [-0.3, -0.25) is 4.79 Å². The van der Waals surface area contributed by atoms with Gasteiger partial charge < -0.3 is 10.8 Å².